The lowest BCUT2D eigenvalue weighted by Crippen LogP contribution is -2.40. The molecule has 0 radical (unpaired) electrons. The van der Waals surface area contributed by atoms with E-state index in [1.807, 2.05) is 18.7 Å². The maximum absolute atomic E-state index is 12.2. The number of likely N-dealkylation sites (N-methyl/N-ethyl adjacent to an activating group) is 1. The fourth-order valence-corrected chi connectivity index (χ4v) is 3.04. The molecule has 1 aromatic rings. The molecule has 1 aliphatic carbocycles. The molecular formula is C15H27N5O. The number of rotatable bonds is 7. The summed E-state index contributed by atoms with van der Waals surface area (Å²) in [6.45, 7) is 5.35. The molecule has 1 saturated carbocycles. The summed E-state index contributed by atoms with van der Waals surface area (Å²) < 4.78 is 1.87. The molecule has 1 N–H and O–H groups in total. The minimum Gasteiger partial charge on any atom is -0.345 e. The van der Waals surface area contributed by atoms with Crippen molar-refractivity contribution in [2.45, 2.75) is 64.6 Å². The fourth-order valence-electron chi connectivity index (χ4n) is 3.04. The normalized spacial score (nSPS) is 17.3. The van der Waals surface area contributed by atoms with Gasteiger partial charge in [0, 0.05) is 12.6 Å². The Morgan fingerprint density at radius 3 is 2.90 bits per heavy atom. The van der Waals surface area contributed by atoms with Gasteiger partial charge >= 0.3 is 0 Å². The summed E-state index contributed by atoms with van der Waals surface area (Å²) in [6.07, 6.45) is 7.55. The third kappa shape index (κ3) is 4.27. The molecule has 6 nitrogen and oxygen atoms in total. The van der Waals surface area contributed by atoms with Crippen molar-refractivity contribution in [2.75, 3.05) is 13.6 Å². The van der Waals surface area contributed by atoms with Crippen molar-refractivity contribution < 1.29 is 4.79 Å². The van der Waals surface area contributed by atoms with Crippen molar-refractivity contribution in [3.63, 3.8) is 0 Å². The van der Waals surface area contributed by atoms with Gasteiger partial charge in [-0.15, -0.1) is 0 Å². The predicted molar refractivity (Wildman–Crippen MR) is 81.8 cm³/mol. The number of carbonyl (C=O) groups excluding carboxylic acids is 1. The van der Waals surface area contributed by atoms with Gasteiger partial charge in [-0.05, 0) is 33.2 Å². The van der Waals surface area contributed by atoms with E-state index < -0.39 is 0 Å². The highest BCUT2D eigenvalue weighted by Gasteiger charge is 2.22. The van der Waals surface area contributed by atoms with Crippen LogP contribution in [0.15, 0.2) is 6.33 Å². The number of aromatic nitrogens is 3. The maximum atomic E-state index is 12.2. The lowest BCUT2D eigenvalue weighted by Gasteiger charge is -2.24. The van der Waals surface area contributed by atoms with E-state index in [1.165, 1.54) is 25.7 Å². The lowest BCUT2D eigenvalue weighted by atomic mass is 10.2. The highest BCUT2D eigenvalue weighted by atomic mass is 16.2. The molecule has 1 fully saturated rings. The first-order chi connectivity index (χ1) is 10.1. The van der Waals surface area contributed by atoms with E-state index >= 15 is 0 Å². The van der Waals surface area contributed by atoms with Crippen LogP contribution in [-0.4, -0.2) is 45.2 Å². The summed E-state index contributed by atoms with van der Waals surface area (Å²) >= 11 is 0. The molecule has 1 aromatic heterocycles. The largest absolute Gasteiger partial charge is 0.345 e. The van der Waals surface area contributed by atoms with Crippen molar-refractivity contribution in [1.82, 2.24) is 25.0 Å². The highest BCUT2D eigenvalue weighted by molar-refractivity contribution is 5.78. The predicted octanol–water partition coefficient (Wildman–Crippen LogP) is 1.74. The molecule has 0 aliphatic heterocycles. The second kappa shape index (κ2) is 7.54. The van der Waals surface area contributed by atoms with Crippen LogP contribution in [0.2, 0.25) is 0 Å². The Morgan fingerprint density at radius 2 is 2.24 bits per heavy atom. The van der Waals surface area contributed by atoms with Gasteiger partial charge in [0.25, 0.3) is 0 Å². The Bertz CT molecular complexity index is 453. The van der Waals surface area contributed by atoms with Crippen molar-refractivity contribution in [3.8, 4) is 0 Å². The standard InChI is InChI=1S/C15H27N5O/c1-4-9-20-15(16-11-17-20)12(2)18-14(21)10-19(3)13-7-5-6-8-13/h11-13H,4-10H2,1-3H3,(H,18,21)/t12-/m0/s1. The number of amides is 1. The average Bonchev–Trinajstić information content (AvgIpc) is 3.09. The topological polar surface area (TPSA) is 63.1 Å². The molecule has 1 atom stereocenters. The molecular weight excluding hydrogens is 266 g/mol. The molecule has 118 valence electrons. The zero-order valence-corrected chi connectivity index (χ0v) is 13.4. The van der Waals surface area contributed by atoms with Crippen LogP contribution >= 0.6 is 0 Å². The van der Waals surface area contributed by atoms with E-state index in [0.29, 0.717) is 12.6 Å². The van der Waals surface area contributed by atoms with Gasteiger partial charge in [-0.25, -0.2) is 9.67 Å². The molecule has 0 aromatic carbocycles. The minimum absolute atomic E-state index is 0.0583. The Kier molecular flexibility index (Phi) is 5.73. The van der Waals surface area contributed by atoms with Gasteiger partial charge in [-0.2, -0.15) is 5.10 Å². The van der Waals surface area contributed by atoms with Crippen LogP contribution in [0, 0.1) is 0 Å². The molecule has 0 bridgehead atoms. The number of carbonyl (C=O) groups is 1. The van der Waals surface area contributed by atoms with E-state index in [2.05, 4.69) is 27.2 Å². The van der Waals surface area contributed by atoms with Gasteiger partial charge in [0.1, 0.15) is 12.2 Å². The summed E-state index contributed by atoms with van der Waals surface area (Å²) in [5.74, 6) is 0.886. The van der Waals surface area contributed by atoms with Crippen molar-refractivity contribution in [3.05, 3.63) is 12.2 Å². The van der Waals surface area contributed by atoms with Gasteiger partial charge in [-0.3, -0.25) is 9.69 Å². The number of hydrogen-bond acceptors (Lipinski definition) is 4. The average molecular weight is 293 g/mol. The minimum atomic E-state index is -0.108. The van der Waals surface area contributed by atoms with Gasteiger partial charge in [-0.1, -0.05) is 19.8 Å². The monoisotopic (exact) mass is 293 g/mol. The summed E-state index contributed by atoms with van der Waals surface area (Å²) in [5, 5.41) is 7.23. The van der Waals surface area contributed by atoms with Crippen LogP contribution in [0.1, 0.15) is 57.8 Å². The SMILES string of the molecule is CCCn1ncnc1[C@H](C)NC(=O)CN(C)C1CCCC1. The summed E-state index contributed by atoms with van der Waals surface area (Å²) in [6, 6.07) is 0.457. The molecule has 2 rings (SSSR count). The molecule has 1 heterocycles. The Hall–Kier alpha value is -1.43. The molecule has 0 spiro atoms. The fraction of sp³-hybridized carbons (Fsp3) is 0.800. The van der Waals surface area contributed by atoms with Crippen molar-refractivity contribution in [1.29, 1.82) is 0 Å². The van der Waals surface area contributed by atoms with Crippen LogP contribution in [0.3, 0.4) is 0 Å². The molecule has 0 saturated heterocycles. The number of nitrogens with one attached hydrogen (secondary N) is 1. The Balaban J connectivity index is 1.85. The maximum Gasteiger partial charge on any atom is 0.234 e. The van der Waals surface area contributed by atoms with Crippen LogP contribution in [0.5, 0.6) is 0 Å². The van der Waals surface area contributed by atoms with Crippen LogP contribution in [0.25, 0.3) is 0 Å². The first kappa shape index (κ1) is 15.9. The summed E-state index contributed by atoms with van der Waals surface area (Å²) in [5.41, 5.74) is 0. The number of nitrogens with zero attached hydrogens (tertiary/aromatic N) is 4. The van der Waals surface area contributed by atoms with Crippen molar-refractivity contribution >= 4 is 5.91 Å². The Labute approximate surface area is 126 Å². The molecule has 0 unspecified atom stereocenters. The van der Waals surface area contributed by atoms with E-state index in [4.69, 9.17) is 0 Å². The zero-order valence-electron chi connectivity index (χ0n) is 13.4. The van der Waals surface area contributed by atoms with E-state index in [0.717, 1.165) is 18.8 Å². The molecule has 6 heteroatoms. The first-order valence-electron chi connectivity index (χ1n) is 7.99. The zero-order chi connectivity index (χ0) is 15.2. The van der Waals surface area contributed by atoms with Gasteiger partial charge < -0.3 is 5.32 Å². The Morgan fingerprint density at radius 1 is 1.52 bits per heavy atom. The highest BCUT2D eigenvalue weighted by Crippen LogP contribution is 2.22. The quantitative estimate of drug-likeness (QED) is 0.832. The molecule has 1 amide bonds. The van der Waals surface area contributed by atoms with Gasteiger partial charge in [0.15, 0.2) is 0 Å². The van der Waals surface area contributed by atoms with Crippen LogP contribution in [0.4, 0.5) is 0 Å². The van der Waals surface area contributed by atoms with E-state index in [1.54, 1.807) is 6.33 Å². The second-order valence-electron chi connectivity index (χ2n) is 5.98. The third-order valence-electron chi connectivity index (χ3n) is 4.19. The summed E-state index contributed by atoms with van der Waals surface area (Å²) in [7, 11) is 2.04. The van der Waals surface area contributed by atoms with E-state index in [-0.39, 0.29) is 11.9 Å². The third-order valence-corrected chi connectivity index (χ3v) is 4.19. The molecule has 1 aliphatic rings. The number of aryl methyl sites for hydroxylation is 1. The van der Waals surface area contributed by atoms with Gasteiger partial charge in [0.2, 0.25) is 5.91 Å². The smallest absolute Gasteiger partial charge is 0.234 e. The summed E-state index contributed by atoms with van der Waals surface area (Å²) in [4.78, 5) is 18.6. The lowest BCUT2D eigenvalue weighted by molar-refractivity contribution is -0.123. The molecule has 21 heavy (non-hydrogen) atoms. The second-order valence-corrected chi connectivity index (χ2v) is 5.98. The number of hydrogen-bond donors (Lipinski definition) is 1. The first-order valence-corrected chi connectivity index (χ1v) is 7.99. The van der Waals surface area contributed by atoms with Gasteiger partial charge in [0.05, 0.1) is 12.6 Å². The van der Waals surface area contributed by atoms with Crippen LogP contribution < -0.4 is 5.32 Å². The van der Waals surface area contributed by atoms with E-state index in [9.17, 15) is 4.79 Å². The van der Waals surface area contributed by atoms with Crippen LogP contribution in [-0.2, 0) is 11.3 Å². The van der Waals surface area contributed by atoms with Crippen molar-refractivity contribution in [2.24, 2.45) is 0 Å².